The standard InChI is InChI=1S/C22H35NO4Si/c1-7-26-21(25)14-18-13-20(24)23(15-17-11-9-8-10-12-17)19(18)16-27-28(5,6)22(2,3)4/h8-12,18-19H,7,13-16H2,1-6H3/t18-,19-/m1/s1. The van der Waals surface area contributed by atoms with Gasteiger partial charge in [0.05, 0.1) is 25.7 Å². The smallest absolute Gasteiger partial charge is 0.306 e. The minimum absolute atomic E-state index is 0.0694. The van der Waals surface area contributed by atoms with Gasteiger partial charge in [0.25, 0.3) is 0 Å². The molecule has 1 heterocycles. The summed E-state index contributed by atoms with van der Waals surface area (Å²) in [5.74, 6) is -0.221. The van der Waals surface area contributed by atoms with E-state index in [0.717, 1.165) is 5.56 Å². The third-order valence-corrected chi connectivity index (χ3v) is 10.6. The Hall–Kier alpha value is -1.66. The second-order valence-corrected chi connectivity index (χ2v) is 13.9. The molecule has 0 bridgehead atoms. The fraction of sp³-hybridized carbons (Fsp3) is 0.636. The van der Waals surface area contributed by atoms with Crippen LogP contribution in [0.5, 0.6) is 0 Å². The molecule has 6 heteroatoms. The van der Waals surface area contributed by atoms with Gasteiger partial charge >= 0.3 is 5.97 Å². The van der Waals surface area contributed by atoms with Crippen LogP contribution in [0.1, 0.15) is 46.1 Å². The van der Waals surface area contributed by atoms with E-state index in [1.165, 1.54) is 0 Å². The quantitative estimate of drug-likeness (QED) is 0.476. The van der Waals surface area contributed by atoms with Crippen LogP contribution in [0.3, 0.4) is 0 Å². The maximum Gasteiger partial charge on any atom is 0.306 e. The summed E-state index contributed by atoms with van der Waals surface area (Å²) < 4.78 is 11.6. The van der Waals surface area contributed by atoms with Crippen molar-refractivity contribution in [3.63, 3.8) is 0 Å². The van der Waals surface area contributed by atoms with Crippen LogP contribution in [-0.2, 0) is 25.3 Å². The van der Waals surface area contributed by atoms with E-state index in [4.69, 9.17) is 9.16 Å². The maximum atomic E-state index is 12.8. The van der Waals surface area contributed by atoms with Crippen molar-refractivity contribution in [2.45, 2.75) is 71.3 Å². The Kier molecular flexibility index (Phi) is 7.45. The van der Waals surface area contributed by atoms with Crippen LogP contribution in [0.4, 0.5) is 0 Å². The van der Waals surface area contributed by atoms with Crippen LogP contribution < -0.4 is 0 Å². The van der Waals surface area contributed by atoms with E-state index < -0.39 is 8.32 Å². The molecule has 5 nitrogen and oxygen atoms in total. The molecule has 156 valence electrons. The first-order valence-corrected chi connectivity index (χ1v) is 13.1. The number of amides is 1. The second kappa shape index (κ2) is 9.22. The summed E-state index contributed by atoms with van der Waals surface area (Å²) in [6, 6.07) is 9.87. The SMILES string of the molecule is CCOC(=O)C[C@H]1CC(=O)N(Cc2ccccc2)[C@@H]1CO[Si](C)(C)C(C)(C)C. The van der Waals surface area contributed by atoms with Gasteiger partial charge in [0.15, 0.2) is 8.32 Å². The minimum atomic E-state index is -1.95. The molecule has 28 heavy (non-hydrogen) atoms. The van der Waals surface area contributed by atoms with Crippen molar-refractivity contribution in [1.82, 2.24) is 4.90 Å². The molecule has 1 fully saturated rings. The Morgan fingerprint density at radius 1 is 1.21 bits per heavy atom. The van der Waals surface area contributed by atoms with E-state index in [2.05, 4.69) is 33.9 Å². The number of rotatable bonds is 8. The molecular formula is C22H35NO4Si. The lowest BCUT2D eigenvalue weighted by Gasteiger charge is -2.38. The molecular weight excluding hydrogens is 370 g/mol. The van der Waals surface area contributed by atoms with E-state index in [1.54, 1.807) is 6.92 Å². The van der Waals surface area contributed by atoms with E-state index in [9.17, 15) is 9.59 Å². The fourth-order valence-electron chi connectivity index (χ4n) is 3.28. The Labute approximate surface area is 170 Å². The summed E-state index contributed by atoms with van der Waals surface area (Å²) in [6.07, 6.45) is 0.633. The number of nitrogens with zero attached hydrogens (tertiary/aromatic N) is 1. The number of esters is 1. The van der Waals surface area contributed by atoms with Gasteiger partial charge in [-0.1, -0.05) is 51.1 Å². The first-order chi connectivity index (χ1) is 13.0. The third kappa shape index (κ3) is 5.67. The van der Waals surface area contributed by atoms with Crippen LogP contribution in [0, 0.1) is 5.92 Å². The van der Waals surface area contributed by atoms with Gasteiger partial charge in [-0.25, -0.2) is 0 Å². The highest BCUT2D eigenvalue weighted by molar-refractivity contribution is 6.74. The third-order valence-electron chi connectivity index (χ3n) is 6.05. The lowest BCUT2D eigenvalue weighted by molar-refractivity contribution is -0.144. The predicted octanol–water partition coefficient (Wildman–Crippen LogP) is 4.38. The molecule has 1 aromatic rings. The molecule has 1 aliphatic heterocycles. The summed E-state index contributed by atoms with van der Waals surface area (Å²) in [6.45, 7) is 14.2. The van der Waals surface area contributed by atoms with Crippen LogP contribution in [0.25, 0.3) is 0 Å². The molecule has 0 N–H and O–H groups in total. The summed E-state index contributed by atoms with van der Waals surface area (Å²) in [4.78, 5) is 26.8. The van der Waals surface area contributed by atoms with E-state index in [1.807, 2.05) is 35.2 Å². The zero-order chi connectivity index (χ0) is 20.9. The topological polar surface area (TPSA) is 55.8 Å². The van der Waals surface area contributed by atoms with Gasteiger partial charge in [0.2, 0.25) is 5.91 Å². The average Bonchev–Trinajstić information content (AvgIpc) is 2.88. The molecule has 1 amide bonds. The number of ether oxygens (including phenoxy) is 1. The van der Waals surface area contributed by atoms with E-state index in [0.29, 0.717) is 26.2 Å². The van der Waals surface area contributed by atoms with Gasteiger partial charge < -0.3 is 14.1 Å². The molecule has 1 aromatic carbocycles. The molecule has 2 atom stereocenters. The Morgan fingerprint density at radius 3 is 2.43 bits per heavy atom. The molecule has 0 saturated carbocycles. The molecule has 0 radical (unpaired) electrons. The van der Waals surface area contributed by atoms with Crippen molar-refractivity contribution in [3.8, 4) is 0 Å². The minimum Gasteiger partial charge on any atom is -0.466 e. The summed E-state index contributed by atoms with van der Waals surface area (Å²) in [5, 5.41) is 0.0938. The number of benzene rings is 1. The maximum absolute atomic E-state index is 12.8. The molecule has 1 aliphatic rings. The van der Waals surface area contributed by atoms with Gasteiger partial charge in [0.1, 0.15) is 0 Å². The number of hydrogen-bond donors (Lipinski definition) is 0. The van der Waals surface area contributed by atoms with Crippen molar-refractivity contribution in [2.75, 3.05) is 13.2 Å². The predicted molar refractivity (Wildman–Crippen MR) is 113 cm³/mol. The zero-order valence-corrected chi connectivity index (χ0v) is 19.2. The van der Waals surface area contributed by atoms with Crippen LogP contribution in [0.2, 0.25) is 18.1 Å². The first kappa shape index (κ1) is 22.6. The number of likely N-dealkylation sites (tertiary alicyclic amines) is 1. The highest BCUT2D eigenvalue weighted by Gasteiger charge is 2.44. The first-order valence-electron chi connectivity index (χ1n) is 10.2. The Balaban J connectivity index is 2.18. The number of carbonyl (C=O) groups excluding carboxylic acids is 2. The van der Waals surface area contributed by atoms with Crippen molar-refractivity contribution in [3.05, 3.63) is 35.9 Å². The van der Waals surface area contributed by atoms with Gasteiger partial charge in [-0.15, -0.1) is 0 Å². The molecule has 0 aliphatic carbocycles. The summed E-state index contributed by atoms with van der Waals surface area (Å²) in [5.41, 5.74) is 1.09. The van der Waals surface area contributed by atoms with Crippen LogP contribution >= 0.6 is 0 Å². The second-order valence-electron chi connectivity index (χ2n) is 9.12. The molecule has 0 unspecified atom stereocenters. The van der Waals surface area contributed by atoms with E-state index in [-0.39, 0.29) is 35.3 Å². The fourth-order valence-corrected chi connectivity index (χ4v) is 4.30. The molecule has 1 saturated heterocycles. The van der Waals surface area contributed by atoms with E-state index >= 15 is 0 Å². The molecule has 0 aromatic heterocycles. The summed E-state index contributed by atoms with van der Waals surface area (Å²) in [7, 11) is -1.95. The number of carbonyl (C=O) groups is 2. The average molecular weight is 406 g/mol. The lowest BCUT2D eigenvalue weighted by atomic mass is 9.97. The lowest BCUT2D eigenvalue weighted by Crippen LogP contribution is -2.46. The van der Waals surface area contributed by atoms with Gasteiger partial charge in [-0.3, -0.25) is 9.59 Å². The van der Waals surface area contributed by atoms with Gasteiger partial charge in [-0.05, 0) is 30.6 Å². The van der Waals surface area contributed by atoms with Crippen molar-refractivity contribution < 1.29 is 18.8 Å². The van der Waals surface area contributed by atoms with Crippen LogP contribution in [-0.4, -0.2) is 44.3 Å². The van der Waals surface area contributed by atoms with Crippen molar-refractivity contribution >= 4 is 20.2 Å². The highest BCUT2D eigenvalue weighted by Crippen LogP contribution is 2.38. The van der Waals surface area contributed by atoms with Crippen molar-refractivity contribution in [2.24, 2.45) is 5.92 Å². The molecule has 0 spiro atoms. The monoisotopic (exact) mass is 405 g/mol. The van der Waals surface area contributed by atoms with Gasteiger partial charge in [-0.2, -0.15) is 0 Å². The molecule has 2 rings (SSSR count). The summed E-state index contributed by atoms with van der Waals surface area (Å²) >= 11 is 0. The van der Waals surface area contributed by atoms with Crippen molar-refractivity contribution in [1.29, 1.82) is 0 Å². The van der Waals surface area contributed by atoms with Crippen LogP contribution in [0.15, 0.2) is 30.3 Å². The Morgan fingerprint density at radius 2 is 1.86 bits per heavy atom. The largest absolute Gasteiger partial charge is 0.466 e. The highest BCUT2D eigenvalue weighted by atomic mass is 28.4. The van der Waals surface area contributed by atoms with Gasteiger partial charge in [0, 0.05) is 18.9 Å². The normalized spacial score (nSPS) is 20.5. The number of hydrogen-bond acceptors (Lipinski definition) is 4. The zero-order valence-electron chi connectivity index (χ0n) is 18.2. The Bertz CT molecular complexity index is 669.